The van der Waals surface area contributed by atoms with E-state index in [1.165, 1.54) is 16.7 Å². The number of hydrogen-bond acceptors (Lipinski definition) is 9. The summed E-state index contributed by atoms with van der Waals surface area (Å²) in [5.41, 5.74) is 5.83. The predicted molar refractivity (Wildman–Crippen MR) is 128 cm³/mol. The Hall–Kier alpha value is -2.19. The fraction of sp³-hybridized carbons (Fsp3) is 0.727. The monoisotopic (exact) mass is 510 g/mol. The Balaban J connectivity index is 1.43. The third-order valence-electron chi connectivity index (χ3n) is 7.38. The Kier molecular flexibility index (Phi) is 7.44. The van der Waals surface area contributed by atoms with E-state index in [0.717, 1.165) is 0 Å². The highest BCUT2D eigenvalue weighted by Gasteiger charge is 2.60. The van der Waals surface area contributed by atoms with Gasteiger partial charge in [-0.1, -0.05) is 6.92 Å². The van der Waals surface area contributed by atoms with Gasteiger partial charge in [-0.05, 0) is 20.4 Å². The number of rotatable bonds is 8. The van der Waals surface area contributed by atoms with E-state index in [0.29, 0.717) is 24.4 Å². The summed E-state index contributed by atoms with van der Waals surface area (Å²) in [4.78, 5) is 53.5. The van der Waals surface area contributed by atoms with Crippen molar-refractivity contribution < 1.29 is 29.4 Å². The highest BCUT2D eigenvalue weighted by molar-refractivity contribution is 8.03. The van der Waals surface area contributed by atoms with Gasteiger partial charge in [-0.25, -0.2) is 4.79 Å². The molecule has 1 unspecified atom stereocenters. The number of carbonyl (C=O) groups is 4. The number of carboxylic acids is 1. The number of nitrogens with zero attached hydrogens (tertiary/aromatic N) is 2. The van der Waals surface area contributed by atoms with Gasteiger partial charge in [0.15, 0.2) is 0 Å². The molecule has 8 atom stereocenters. The van der Waals surface area contributed by atoms with Crippen molar-refractivity contribution in [3.8, 4) is 0 Å². The van der Waals surface area contributed by atoms with Crippen molar-refractivity contribution in [1.29, 1.82) is 0 Å². The molecule has 3 saturated heterocycles. The second kappa shape index (κ2) is 10.1. The predicted octanol–water partition coefficient (Wildman–Crippen LogP) is -2.52. The van der Waals surface area contributed by atoms with Gasteiger partial charge in [-0.2, -0.15) is 0 Å². The minimum atomic E-state index is -1.15. The first kappa shape index (κ1) is 25.9. The molecule has 4 aliphatic rings. The Morgan fingerprint density at radius 1 is 1.31 bits per heavy atom. The number of nitrogens with one attached hydrogen (secondary N) is 3. The van der Waals surface area contributed by atoms with Crippen molar-refractivity contribution in [1.82, 2.24) is 25.8 Å². The van der Waals surface area contributed by atoms with Gasteiger partial charge in [-0.3, -0.25) is 14.4 Å². The number of aliphatic hydroxyl groups is 1. The highest BCUT2D eigenvalue weighted by Crippen LogP contribution is 2.51. The van der Waals surface area contributed by atoms with Crippen molar-refractivity contribution in [3.05, 3.63) is 10.6 Å². The summed E-state index contributed by atoms with van der Waals surface area (Å²) >= 11 is 1.41. The molecule has 0 bridgehead atoms. The van der Waals surface area contributed by atoms with Crippen LogP contribution in [0.2, 0.25) is 0 Å². The molecule has 0 saturated carbocycles. The zero-order valence-electron chi connectivity index (χ0n) is 20.1. The lowest BCUT2D eigenvalue weighted by Gasteiger charge is -2.47. The summed E-state index contributed by atoms with van der Waals surface area (Å²) in [7, 11) is 1.66. The summed E-state index contributed by atoms with van der Waals surface area (Å²) < 4.78 is 0. The Labute approximate surface area is 208 Å². The lowest BCUT2D eigenvalue weighted by Crippen LogP contribution is -2.66. The number of aliphatic carboxylic acids is 1. The molecule has 4 rings (SSSR count). The Bertz CT molecular complexity index is 935. The normalized spacial score (nSPS) is 35.2. The van der Waals surface area contributed by atoms with E-state index in [2.05, 4.69) is 16.0 Å². The Morgan fingerprint density at radius 3 is 2.63 bits per heavy atom. The highest BCUT2D eigenvalue weighted by atomic mass is 32.2. The quantitative estimate of drug-likeness (QED) is 0.191. The third kappa shape index (κ3) is 4.67. The summed E-state index contributed by atoms with van der Waals surface area (Å²) in [5, 5.41) is 28.6. The average molecular weight is 511 g/mol. The SMILES string of the molecule is CNCC(=O)NC(C)[C@H]1C(=O)N2C(C(=O)O)=C(S[C@@H]3CN[C@H](C(=O)N4C[C@@H](O)[C@@H](N)C4)C3)[C@H](C)[C@H]12. The van der Waals surface area contributed by atoms with Crippen LogP contribution in [0.15, 0.2) is 10.6 Å². The lowest BCUT2D eigenvalue weighted by molar-refractivity contribution is -0.158. The summed E-state index contributed by atoms with van der Waals surface area (Å²) in [6.45, 7) is 4.85. The first-order valence-electron chi connectivity index (χ1n) is 11.9. The van der Waals surface area contributed by atoms with Gasteiger partial charge >= 0.3 is 5.97 Å². The van der Waals surface area contributed by atoms with Crippen LogP contribution in [0.5, 0.6) is 0 Å². The van der Waals surface area contributed by atoms with Gasteiger partial charge in [0.1, 0.15) is 5.70 Å². The second-order valence-corrected chi connectivity index (χ2v) is 11.2. The molecule has 0 aromatic rings. The summed E-state index contributed by atoms with van der Waals surface area (Å²) in [6.07, 6.45) is -0.221. The summed E-state index contributed by atoms with van der Waals surface area (Å²) in [5.74, 6) is -2.50. The molecular weight excluding hydrogens is 476 g/mol. The van der Waals surface area contributed by atoms with E-state index in [1.54, 1.807) is 18.9 Å². The van der Waals surface area contributed by atoms with Crippen LogP contribution >= 0.6 is 11.8 Å². The van der Waals surface area contributed by atoms with E-state index in [1.807, 2.05) is 6.92 Å². The number of carbonyl (C=O) groups excluding carboxylic acids is 3. The van der Waals surface area contributed by atoms with Crippen LogP contribution in [-0.4, -0.2) is 112 Å². The minimum absolute atomic E-state index is 0.00548. The molecule has 4 heterocycles. The lowest BCUT2D eigenvalue weighted by atomic mass is 9.78. The van der Waals surface area contributed by atoms with Gasteiger partial charge in [0, 0.05) is 47.8 Å². The molecule has 7 N–H and O–H groups in total. The molecule has 13 heteroatoms. The van der Waals surface area contributed by atoms with Crippen LogP contribution in [0.4, 0.5) is 0 Å². The fourth-order valence-electron chi connectivity index (χ4n) is 5.62. The first-order chi connectivity index (χ1) is 16.5. The van der Waals surface area contributed by atoms with Crippen molar-refractivity contribution in [2.75, 3.05) is 33.2 Å². The number of likely N-dealkylation sites (N-methyl/N-ethyl adjacent to an activating group) is 1. The maximum atomic E-state index is 13.0. The van der Waals surface area contributed by atoms with E-state index in [-0.39, 0.29) is 53.7 Å². The van der Waals surface area contributed by atoms with Crippen LogP contribution in [-0.2, 0) is 19.2 Å². The van der Waals surface area contributed by atoms with Crippen molar-refractivity contribution in [3.63, 3.8) is 0 Å². The molecule has 0 aromatic heterocycles. The zero-order chi connectivity index (χ0) is 25.6. The van der Waals surface area contributed by atoms with Gasteiger partial charge in [-0.15, -0.1) is 11.8 Å². The van der Waals surface area contributed by atoms with Crippen LogP contribution < -0.4 is 21.7 Å². The van der Waals surface area contributed by atoms with Gasteiger partial charge in [0.05, 0.1) is 30.7 Å². The van der Waals surface area contributed by atoms with E-state index >= 15 is 0 Å². The van der Waals surface area contributed by atoms with Gasteiger partial charge in [0.2, 0.25) is 17.7 Å². The van der Waals surface area contributed by atoms with Crippen LogP contribution in [0.25, 0.3) is 0 Å². The topological polar surface area (TPSA) is 177 Å². The minimum Gasteiger partial charge on any atom is -0.477 e. The smallest absolute Gasteiger partial charge is 0.353 e. The molecule has 0 radical (unpaired) electrons. The molecule has 12 nitrogen and oxygen atoms in total. The molecule has 0 aromatic carbocycles. The second-order valence-electron chi connectivity index (χ2n) is 9.83. The molecule has 4 aliphatic heterocycles. The molecule has 3 fully saturated rings. The number of nitrogens with two attached hydrogens (primary N) is 1. The molecule has 0 spiro atoms. The van der Waals surface area contributed by atoms with Gasteiger partial charge < -0.3 is 41.7 Å². The van der Waals surface area contributed by atoms with E-state index in [4.69, 9.17) is 5.73 Å². The summed E-state index contributed by atoms with van der Waals surface area (Å²) in [6, 6.07) is -1.64. The molecule has 35 heavy (non-hydrogen) atoms. The number of amides is 3. The Morgan fingerprint density at radius 2 is 2.03 bits per heavy atom. The van der Waals surface area contributed by atoms with Crippen molar-refractivity contribution in [2.45, 2.75) is 55.8 Å². The number of hydrogen-bond donors (Lipinski definition) is 6. The largest absolute Gasteiger partial charge is 0.477 e. The molecular formula is C22H34N6O6S. The van der Waals surface area contributed by atoms with E-state index in [9.17, 15) is 29.4 Å². The van der Waals surface area contributed by atoms with E-state index < -0.39 is 36.1 Å². The maximum absolute atomic E-state index is 13.0. The van der Waals surface area contributed by atoms with Crippen LogP contribution in [0.1, 0.15) is 20.3 Å². The fourth-order valence-corrected chi connectivity index (χ4v) is 7.10. The number of β-amino-alcohol motifs (C(OH)–C–C–N with tert-alkyl or cyclic N) is 1. The van der Waals surface area contributed by atoms with Gasteiger partial charge in [0.25, 0.3) is 0 Å². The first-order valence-corrected chi connectivity index (χ1v) is 12.8. The maximum Gasteiger partial charge on any atom is 0.353 e. The molecule has 0 aliphatic carbocycles. The number of aliphatic hydroxyl groups excluding tert-OH is 1. The van der Waals surface area contributed by atoms with Crippen LogP contribution in [0.3, 0.4) is 0 Å². The van der Waals surface area contributed by atoms with Crippen molar-refractivity contribution in [2.24, 2.45) is 17.6 Å². The van der Waals surface area contributed by atoms with Crippen LogP contribution in [0, 0.1) is 11.8 Å². The number of fused-ring (bicyclic) bond motifs is 1. The molecule has 3 amide bonds. The molecule has 194 valence electrons. The third-order valence-corrected chi connectivity index (χ3v) is 8.89. The standard InChI is InChI=1S/C22H34N6O6S/c1-9-17-16(10(2)26-15(30)6-24-3)21(32)28(17)18(22(33)34)19(9)35-11-4-13(25-5-11)20(31)27-7-12(23)14(29)8-27/h9-14,16-17,24-25,29H,4-8,23H2,1-3H3,(H,26,30)(H,33,34)/t9-,10?,11+,12+,13+,14-,16-,17-/m1/s1. The number of carboxylic acid groups (broad SMARTS) is 1. The van der Waals surface area contributed by atoms with Crippen molar-refractivity contribution >= 4 is 35.5 Å². The number of thioether (sulfide) groups is 1. The average Bonchev–Trinajstić information content (AvgIpc) is 3.45. The number of likely N-dealkylation sites (tertiary alicyclic amines) is 1. The zero-order valence-corrected chi connectivity index (χ0v) is 20.9. The number of β-lactam (4-membered cyclic amide) rings is 1.